The molecule has 0 fully saturated rings. The predicted octanol–water partition coefficient (Wildman–Crippen LogP) is 0.552. The van der Waals surface area contributed by atoms with Crippen LogP contribution < -0.4 is 5.73 Å². The van der Waals surface area contributed by atoms with Gasteiger partial charge in [-0.15, -0.1) is 0 Å². The molecule has 0 aromatic carbocycles. The summed E-state index contributed by atoms with van der Waals surface area (Å²) >= 11 is 0. The Morgan fingerprint density at radius 1 is 1.80 bits per heavy atom. The molecule has 1 heterocycles. The summed E-state index contributed by atoms with van der Waals surface area (Å²) in [7, 11) is 0. The van der Waals surface area contributed by atoms with Crippen LogP contribution in [-0.2, 0) is 6.42 Å². The average molecular weight is 145 g/mol. The Hall–Kier alpha value is -1.13. The van der Waals surface area contributed by atoms with Crippen molar-refractivity contribution in [1.82, 2.24) is 10.1 Å². The van der Waals surface area contributed by atoms with Crippen LogP contribution in [0.2, 0.25) is 0 Å². The summed E-state index contributed by atoms with van der Waals surface area (Å²) in [5, 5.41) is 3.29. The number of alkyl halides is 1. The van der Waals surface area contributed by atoms with E-state index in [0.717, 1.165) is 0 Å². The van der Waals surface area contributed by atoms with Crippen molar-refractivity contribution in [2.45, 2.75) is 19.5 Å². The maximum Gasteiger partial charge on any atom is 0.260 e. The van der Waals surface area contributed by atoms with Gasteiger partial charge in [0.25, 0.3) is 5.95 Å². The van der Waals surface area contributed by atoms with E-state index in [1.54, 1.807) is 0 Å². The highest BCUT2D eigenvalue weighted by Gasteiger charge is 2.06. The first-order valence-electron chi connectivity index (χ1n) is 2.90. The lowest BCUT2D eigenvalue weighted by Crippen LogP contribution is -1.98. The van der Waals surface area contributed by atoms with Crippen molar-refractivity contribution in [3.8, 4) is 0 Å². The highest BCUT2D eigenvalue weighted by molar-refractivity contribution is 5.10. The molecule has 0 saturated heterocycles. The van der Waals surface area contributed by atoms with Crippen LogP contribution in [-0.4, -0.2) is 16.3 Å². The van der Waals surface area contributed by atoms with Gasteiger partial charge in [-0.3, -0.25) is 0 Å². The van der Waals surface area contributed by atoms with Crippen LogP contribution in [0.4, 0.5) is 10.3 Å². The Balaban J connectivity index is 2.58. The van der Waals surface area contributed by atoms with Crippen molar-refractivity contribution in [3.63, 3.8) is 0 Å². The fourth-order valence-electron chi connectivity index (χ4n) is 0.592. The van der Waals surface area contributed by atoms with Crippen LogP contribution >= 0.6 is 0 Å². The average Bonchev–Trinajstić information content (AvgIpc) is 2.13. The molecule has 0 amide bonds. The maximum absolute atomic E-state index is 12.2. The summed E-state index contributed by atoms with van der Waals surface area (Å²) in [4.78, 5) is 3.61. The lowest BCUT2D eigenvalue weighted by molar-refractivity contribution is 0.306. The molecule has 0 saturated carbocycles. The van der Waals surface area contributed by atoms with Crippen molar-refractivity contribution in [3.05, 3.63) is 5.89 Å². The molecule has 0 aliphatic carbocycles. The number of nitrogens with two attached hydrogens (primary N) is 1. The third-order valence-electron chi connectivity index (χ3n) is 0.940. The predicted molar refractivity (Wildman–Crippen MR) is 33.0 cm³/mol. The van der Waals surface area contributed by atoms with E-state index in [1.807, 2.05) is 0 Å². The van der Waals surface area contributed by atoms with Gasteiger partial charge in [0.15, 0.2) is 0 Å². The lowest BCUT2D eigenvalue weighted by Gasteiger charge is -1.91. The zero-order valence-corrected chi connectivity index (χ0v) is 5.54. The monoisotopic (exact) mass is 145 g/mol. The highest BCUT2D eigenvalue weighted by Crippen LogP contribution is 2.03. The fraction of sp³-hybridized carbons (Fsp3) is 0.600. The molecule has 1 atom stereocenters. The van der Waals surface area contributed by atoms with Crippen LogP contribution in [0, 0.1) is 0 Å². The molecule has 0 aliphatic rings. The number of nitrogens with zero attached hydrogens (tertiary/aromatic N) is 2. The molecule has 0 radical (unpaired) electrons. The van der Waals surface area contributed by atoms with Crippen LogP contribution in [0.15, 0.2) is 4.52 Å². The minimum absolute atomic E-state index is 0.0515. The minimum atomic E-state index is -0.972. The van der Waals surface area contributed by atoms with Crippen LogP contribution in [0.5, 0.6) is 0 Å². The quantitative estimate of drug-likeness (QED) is 0.660. The van der Waals surface area contributed by atoms with E-state index >= 15 is 0 Å². The van der Waals surface area contributed by atoms with Gasteiger partial charge in [0.1, 0.15) is 6.17 Å². The largest absolute Gasteiger partial charge is 0.365 e. The Morgan fingerprint density at radius 3 is 2.90 bits per heavy atom. The molecule has 0 bridgehead atoms. The Labute approximate surface area is 57.2 Å². The third-order valence-corrected chi connectivity index (χ3v) is 0.940. The topological polar surface area (TPSA) is 64.9 Å². The van der Waals surface area contributed by atoms with E-state index in [2.05, 4.69) is 14.7 Å². The lowest BCUT2D eigenvalue weighted by atomic mass is 10.3. The number of rotatable bonds is 2. The van der Waals surface area contributed by atoms with E-state index in [1.165, 1.54) is 6.92 Å². The van der Waals surface area contributed by atoms with Gasteiger partial charge in [-0.25, -0.2) is 4.39 Å². The first kappa shape index (κ1) is 6.98. The van der Waals surface area contributed by atoms with E-state index in [4.69, 9.17) is 5.73 Å². The minimum Gasteiger partial charge on any atom is -0.365 e. The van der Waals surface area contributed by atoms with Crippen molar-refractivity contribution in [2.75, 3.05) is 5.73 Å². The zero-order chi connectivity index (χ0) is 7.56. The summed E-state index contributed by atoms with van der Waals surface area (Å²) < 4.78 is 16.8. The second kappa shape index (κ2) is 2.64. The van der Waals surface area contributed by atoms with Gasteiger partial charge in [-0.2, -0.15) is 4.98 Å². The molecule has 5 heteroatoms. The van der Waals surface area contributed by atoms with Gasteiger partial charge in [0, 0.05) is 0 Å². The smallest absolute Gasteiger partial charge is 0.260 e. The summed E-state index contributed by atoms with van der Waals surface area (Å²) in [6.07, 6.45) is -0.843. The van der Waals surface area contributed by atoms with Gasteiger partial charge in [-0.1, -0.05) is 0 Å². The second-order valence-corrected chi connectivity index (χ2v) is 2.03. The van der Waals surface area contributed by atoms with E-state index in [9.17, 15) is 4.39 Å². The summed E-state index contributed by atoms with van der Waals surface area (Å²) in [5.74, 6) is 0.295. The van der Waals surface area contributed by atoms with Crippen molar-refractivity contribution in [1.29, 1.82) is 0 Å². The first-order valence-corrected chi connectivity index (χ1v) is 2.90. The summed E-state index contributed by atoms with van der Waals surface area (Å²) in [5.41, 5.74) is 5.12. The van der Waals surface area contributed by atoms with Crippen molar-refractivity contribution < 1.29 is 8.91 Å². The third kappa shape index (κ3) is 1.68. The summed E-state index contributed by atoms with van der Waals surface area (Å²) in [6.45, 7) is 1.42. The zero-order valence-electron chi connectivity index (χ0n) is 5.54. The number of aromatic nitrogens is 2. The second-order valence-electron chi connectivity index (χ2n) is 2.03. The number of halogens is 1. The maximum atomic E-state index is 12.2. The van der Waals surface area contributed by atoms with Crippen LogP contribution in [0.1, 0.15) is 12.8 Å². The fourth-order valence-corrected chi connectivity index (χ4v) is 0.592. The molecular weight excluding hydrogens is 137 g/mol. The van der Waals surface area contributed by atoms with Gasteiger partial charge in [0.05, 0.1) is 6.42 Å². The highest BCUT2D eigenvalue weighted by atomic mass is 19.1. The SMILES string of the molecule is CC(F)Cc1nc(N)no1. The van der Waals surface area contributed by atoms with E-state index in [-0.39, 0.29) is 18.3 Å². The van der Waals surface area contributed by atoms with Gasteiger partial charge >= 0.3 is 0 Å². The normalized spacial score (nSPS) is 13.4. The molecule has 10 heavy (non-hydrogen) atoms. The standard InChI is InChI=1S/C5H8FN3O/c1-3(6)2-4-8-5(7)9-10-4/h3H,2H2,1H3,(H2,7,9). The molecular formula is C5H8FN3O. The number of nitrogen functional groups attached to an aromatic ring is 1. The summed E-state index contributed by atoms with van der Waals surface area (Å²) in [6, 6.07) is 0. The molecule has 1 unspecified atom stereocenters. The van der Waals surface area contributed by atoms with Crippen LogP contribution in [0.25, 0.3) is 0 Å². The Kier molecular flexibility index (Phi) is 1.84. The van der Waals surface area contributed by atoms with Crippen LogP contribution in [0.3, 0.4) is 0 Å². The molecule has 1 aromatic heterocycles. The van der Waals surface area contributed by atoms with Crippen molar-refractivity contribution in [2.24, 2.45) is 0 Å². The van der Waals surface area contributed by atoms with Crippen molar-refractivity contribution >= 4 is 5.95 Å². The van der Waals surface area contributed by atoms with E-state index < -0.39 is 6.17 Å². The van der Waals surface area contributed by atoms with Gasteiger partial charge in [-0.05, 0) is 12.1 Å². The Morgan fingerprint density at radius 2 is 2.50 bits per heavy atom. The number of hydrogen-bond donors (Lipinski definition) is 1. The van der Waals surface area contributed by atoms with Gasteiger partial charge in [0.2, 0.25) is 5.89 Å². The molecule has 2 N–H and O–H groups in total. The van der Waals surface area contributed by atoms with E-state index in [0.29, 0.717) is 0 Å². The Bertz CT molecular complexity index is 210. The molecule has 1 rings (SSSR count). The number of anilines is 1. The molecule has 0 aliphatic heterocycles. The molecule has 4 nitrogen and oxygen atoms in total. The molecule has 56 valence electrons. The van der Waals surface area contributed by atoms with Gasteiger partial charge < -0.3 is 10.3 Å². The number of hydrogen-bond acceptors (Lipinski definition) is 4. The first-order chi connectivity index (χ1) is 4.68. The molecule has 1 aromatic rings. The molecule has 0 spiro atoms.